The summed E-state index contributed by atoms with van der Waals surface area (Å²) in [6, 6.07) is 6.69. The van der Waals surface area contributed by atoms with Gasteiger partial charge in [0, 0.05) is 6.42 Å². The van der Waals surface area contributed by atoms with Crippen LogP contribution in [0.1, 0.15) is 24.4 Å². The largest absolute Gasteiger partial charge is 0.479 e. The fourth-order valence-corrected chi connectivity index (χ4v) is 1.99. The van der Waals surface area contributed by atoms with Gasteiger partial charge in [0.25, 0.3) is 0 Å². The molecule has 0 bridgehead atoms. The fraction of sp³-hybridized carbons (Fsp3) is 0.308. The number of nitrogens with one attached hydrogen (secondary N) is 2. The highest BCUT2D eigenvalue weighted by Crippen LogP contribution is 2.14. The van der Waals surface area contributed by atoms with Gasteiger partial charge in [-0.2, -0.15) is 0 Å². The Hall–Kier alpha value is -2.37. The molecule has 1 heterocycles. The minimum atomic E-state index is -1.14. The first-order chi connectivity index (χ1) is 9.08. The maximum atomic E-state index is 11.9. The van der Waals surface area contributed by atoms with Crippen LogP contribution in [0.5, 0.6) is 0 Å². The molecular formula is C13H14N2O4. The maximum Gasteiger partial charge on any atom is 0.330 e. The van der Waals surface area contributed by atoms with Crippen LogP contribution in [0.2, 0.25) is 0 Å². The number of hydrogen-bond acceptors (Lipinski definition) is 3. The Kier molecular flexibility index (Phi) is 3.79. The van der Waals surface area contributed by atoms with E-state index in [-0.39, 0.29) is 5.91 Å². The quantitative estimate of drug-likeness (QED) is 0.722. The molecule has 3 N–H and O–H groups in total. The van der Waals surface area contributed by atoms with Gasteiger partial charge in [0.1, 0.15) is 6.04 Å². The normalized spacial score (nSPS) is 19.6. The zero-order valence-electron chi connectivity index (χ0n) is 10.1. The van der Waals surface area contributed by atoms with Crippen LogP contribution < -0.4 is 10.6 Å². The van der Waals surface area contributed by atoms with E-state index in [1.54, 1.807) is 30.3 Å². The molecule has 1 aliphatic rings. The van der Waals surface area contributed by atoms with Gasteiger partial charge in [0.2, 0.25) is 11.8 Å². The second-order valence-corrected chi connectivity index (χ2v) is 4.35. The lowest BCUT2D eigenvalue weighted by Gasteiger charge is -2.17. The van der Waals surface area contributed by atoms with Crippen LogP contribution in [0.3, 0.4) is 0 Å². The Morgan fingerprint density at radius 2 is 2.00 bits per heavy atom. The van der Waals surface area contributed by atoms with Gasteiger partial charge in [0.15, 0.2) is 6.04 Å². The first kappa shape index (κ1) is 13.1. The minimum absolute atomic E-state index is 0.188. The second-order valence-electron chi connectivity index (χ2n) is 4.35. The van der Waals surface area contributed by atoms with Crippen molar-refractivity contribution in [2.24, 2.45) is 0 Å². The molecule has 0 radical (unpaired) electrons. The molecule has 6 nitrogen and oxygen atoms in total. The van der Waals surface area contributed by atoms with Crippen molar-refractivity contribution in [3.63, 3.8) is 0 Å². The predicted molar refractivity (Wildman–Crippen MR) is 66.1 cm³/mol. The lowest BCUT2D eigenvalue weighted by atomic mass is 10.1. The summed E-state index contributed by atoms with van der Waals surface area (Å²) in [5, 5.41) is 14.1. The predicted octanol–water partition coefficient (Wildman–Crippen LogP) is 0.207. The van der Waals surface area contributed by atoms with E-state index in [0.29, 0.717) is 18.4 Å². The number of aliphatic carboxylic acids is 1. The third-order valence-electron chi connectivity index (χ3n) is 2.98. The molecule has 1 saturated heterocycles. The summed E-state index contributed by atoms with van der Waals surface area (Å²) in [5.41, 5.74) is 0.493. The van der Waals surface area contributed by atoms with Crippen LogP contribution in [0, 0.1) is 0 Å². The Labute approximate surface area is 109 Å². The van der Waals surface area contributed by atoms with E-state index in [2.05, 4.69) is 10.6 Å². The van der Waals surface area contributed by atoms with E-state index in [1.165, 1.54) is 0 Å². The van der Waals surface area contributed by atoms with Crippen molar-refractivity contribution in [1.29, 1.82) is 0 Å². The van der Waals surface area contributed by atoms with Crippen LogP contribution in [0.15, 0.2) is 30.3 Å². The zero-order valence-corrected chi connectivity index (χ0v) is 10.1. The van der Waals surface area contributed by atoms with Crippen molar-refractivity contribution in [2.75, 3.05) is 0 Å². The van der Waals surface area contributed by atoms with Gasteiger partial charge in [-0.25, -0.2) is 4.79 Å². The fourth-order valence-electron chi connectivity index (χ4n) is 1.99. The van der Waals surface area contributed by atoms with E-state index >= 15 is 0 Å². The summed E-state index contributed by atoms with van der Waals surface area (Å²) >= 11 is 0. The topological polar surface area (TPSA) is 95.5 Å². The Bertz CT molecular complexity index is 501. The summed E-state index contributed by atoms with van der Waals surface area (Å²) < 4.78 is 0. The van der Waals surface area contributed by atoms with Crippen LogP contribution in [0.4, 0.5) is 0 Å². The molecule has 1 aromatic carbocycles. The van der Waals surface area contributed by atoms with Gasteiger partial charge in [-0.05, 0) is 12.0 Å². The maximum absolute atomic E-state index is 11.9. The van der Waals surface area contributed by atoms with E-state index < -0.39 is 24.0 Å². The summed E-state index contributed by atoms with van der Waals surface area (Å²) in [5.74, 6) is -1.79. The van der Waals surface area contributed by atoms with E-state index in [0.717, 1.165) is 0 Å². The van der Waals surface area contributed by atoms with Crippen molar-refractivity contribution in [1.82, 2.24) is 10.6 Å². The third-order valence-corrected chi connectivity index (χ3v) is 2.98. The number of amides is 2. The van der Waals surface area contributed by atoms with E-state index in [1.807, 2.05) is 0 Å². The number of carbonyl (C=O) groups is 3. The molecule has 2 atom stereocenters. The van der Waals surface area contributed by atoms with Gasteiger partial charge in [-0.15, -0.1) is 0 Å². The highest BCUT2D eigenvalue weighted by atomic mass is 16.4. The number of carbonyl (C=O) groups excluding carboxylic acids is 2. The van der Waals surface area contributed by atoms with E-state index in [4.69, 9.17) is 5.11 Å². The van der Waals surface area contributed by atoms with Crippen LogP contribution in [-0.4, -0.2) is 28.9 Å². The number of carboxylic acid groups (broad SMARTS) is 1. The van der Waals surface area contributed by atoms with Crippen LogP contribution >= 0.6 is 0 Å². The molecule has 0 saturated carbocycles. The van der Waals surface area contributed by atoms with Crippen molar-refractivity contribution in [3.8, 4) is 0 Å². The molecule has 2 unspecified atom stereocenters. The number of carboxylic acids is 1. The van der Waals surface area contributed by atoms with Crippen molar-refractivity contribution >= 4 is 17.8 Å². The lowest BCUT2D eigenvalue weighted by Crippen LogP contribution is -2.44. The SMILES string of the molecule is O=C1CCC(C(=O)NC(C(=O)O)c2ccccc2)N1. The molecule has 19 heavy (non-hydrogen) atoms. The first-order valence-corrected chi connectivity index (χ1v) is 5.95. The Balaban J connectivity index is 2.07. The van der Waals surface area contributed by atoms with Crippen LogP contribution in [0.25, 0.3) is 0 Å². The monoisotopic (exact) mass is 262 g/mol. The molecule has 100 valence electrons. The molecule has 0 aliphatic carbocycles. The second kappa shape index (κ2) is 5.51. The van der Waals surface area contributed by atoms with Crippen molar-refractivity contribution in [2.45, 2.75) is 24.9 Å². The highest BCUT2D eigenvalue weighted by molar-refractivity contribution is 5.93. The molecule has 6 heteroatoms. The van der Waals surface area contributed by atoms with Gasteiger partial charge in [-0.1, -0.05) is 30.3 Å². The van der Waals surface area contributed by atoms with Crippen molar-refractivity contribution < 1.29 is 19.5 Å². The third kappa shape index (κ3) is 3.09. The number of rotatable bonds is 4. The van der Waals surface area contributed by atoms with Crippen LogP contribution in [-0.2, 0) is 14.4 Å². The van der Waals surface area contributed by atoms with Gasteiger partial charge in [0.05, 0.1) is 0 Å². The smallest absolute Gasteiger partial charge is 0.330 e. The lowest BCUT2D eigenvalue weighted by molar-refractivity contribution is -0.142. The molecule has 2 amide bonds. The summed E-state index contributed by atoms with van der Waals surface area (Å²) in [6.07, 6.45) is 0.687. The molecule has 0 aromatic heterocycles. The Morgan fingerprint density at radius 1 is 1.32 bits per heavy atom. The first-order valence-electron chi connectivity index (χ1n) is 5.95. The number of hydrogen-bond donors (Lipinski definition) is 3. The van der Waals surface area contributed by atoms with Gasteiger partial charge >= 0.3 is 5.97 Å². The van der Waals surface area contributed by atoms with E-state index in [9.17, 15) is 14.4 Å². The minimum Gasteiger partial charge on any atom is -0.479 e. The summed E-state index contributed by atoms with van der Waals surface area (Å²) in [7, 11) is 0. The molecule has 0 spiro atoms. The van der Waals surface area contributed by atoms with Crippen molar-refractivity contribution in [3.05, 3.63) is 35.9 Å². The Morgan fingerprint density at radius 3 is 2.53 bits per heavy atom. The molecule has 2 rings (SSSR count). The molecule has 1 fully saturated rings. The zero-order chi connectivity index (χ0) is 13.8. The average Bonchev–Trinajstić information content (AvgIpc) is 2.83. The average molecular weight is 262 g/mol. The molecular weight excluding hydrogens is 248 g/mol. The highest BCUT2D eigenvalue weighted by Gasteiger charge is 2.30. The summed E-state index contributed by atoms with van der Waals surface area (Å²) in [4.78, 5) is 34.1. The molecule has 1 aliphatic heterocycles. The van der Waals surface area contributed by atoms with Gasteiger partial charge in [-0.3, -0.25) is 9.59 Å². The van der Waals surface area contributed by atoms with Gasteiger partial charge < -0.3 is 15.7 Å². The standard InChI is InChI=1S/C13H14N2O4/c16-10-7-6-9(14-10)12(17)15-11(13(18)19)8-4-2-1-3-5-8/h1-5,9,11H,6-7H2,(H,14,16)(H,15,17)(H,18,19). The summed E-state index contributed by atoms with van der Waals surface area (Å²) in [6.45, 7) is 0. The number of benzene rings is 1. The molecule has 1 aromatic rings.